The van der Waals surface area contributed by atoms with Gasteiger partial charge in [0.2, 0.25) is 0 Å². The van der Waals surface area contributed by atoms with E-state index in [-0.39, 0.29) is 0 Å². The van der Waals surface area contributed by atoms with Gasteiger partial charge in [-0.15, -0.1) is 11.6 Å². The van der Waals surface area contributed by atoms with Gasteiger partial charge in [0.05, 0.1) is 0 Å². The van der Waals surface area contributed by atoms with Crippen molar-refractivity contribution in [1.82, 2.24) is 0 Å². The lowest BCUT2D eigenvalue weighted by atomic mass is 9.99. The monoisotopic (exact) mass is 349 g/mol. The van der Waals surface area contributed by atoms with Crippen molar-refractivity contribution in [2.45, 2.75) is 18.2 Å². The van der Waals surface area contributed by atoms with E-state index in [0.29, 0.717) is 11.8 Å². The number of anilines is 1. The first-order valence-corrected chi connectivity index (χ1v) is 8.25. The van der Waals surface area contributed by atoms with E-state index in [1.807, 2.05) is 0 Å². The fraction of sp³-hybridized carbons (Fsp3) is 0.294. The Morgan fingerprint density at radius 2 is 1.95 bits per heavy atom. The molecule has 0 N–H and O–H groups in total. The van der Waals surface area contributed by atoms with Gasteiger partial charge in [0, 0.05) is 35.0 Å². The van der Waals surface area contributed by atoms with E-state index in [2.05, 4.69) is 69.4 Å². The van der Waals surface area contributed by atoms with Crippen LogP contribution in [0.2, 0.25) is 0 Å². The van der Waals surface area contributed by atoms with E-state index in [1.54, 1.807) is 0 Å². The third-order valence-electron chi connectivity index (χ3n) is 3.99. The minimum Gasteiger partial charge on any atom is -0.371 e. The van der Waals surface area contributed by atoms with E-state index >= 15 is 0 Å². The molecule has 0 saturated carbocycles. The summed E-state index contributed by atoms with van der Waals surface area (Å²) in [5, 5.41) is 0. The lowest BCUT2D eigenvalue weighted by molar-refractivity contribution is 0.775. The van der Waals surface area contributed by atoms with Gasteiger partial charge in [0.15, 0.2) is 0 Å². The molecular weight excluding hydrogens is 334 g/mol. The zero-order chi connectivity index (χ0) is 13.9. The Balaban J connectivity index is 1.82. The maximum Gasteiger partial charge on any atom is 0.0494 e. The van der Waals surface area contributed by atoms with Gasteiger partial charge in [-0.3, -0.25) is 0 Å². The molecule has 0 amide bonds. The molecule has 0 bridgehead atoms. The minimum absolute atomic E-state index is 0.565. The van der Waals surface area contributed by atoms with Crippen LogP contribution in [0.5, 0.6) is 0 Å². The quantitative estimate of drug-likeness (QED) is 0.689. The van der Waals surface area contributed by atoms with Crippen molar-refractivity contribution in [3.8, 4) is 0 Å². The zero-order valence-corrected chi connectivity index (χ0v) is 13.6. The van der Waals surface area contributed by atoms with Crippen LogP contribution < -0.4 is 4.90 Å². The first-order chi connectivity index (χ1) is 9.78. The molecule has 0 spiro atoms. The first kappa shape index (κ1) is 14.0. The van der Waals surface area contributed by atoms with Crippen LogP contribution in [0.25, 0.3) is 0 Å². The number of benzene rings is 2. The van der Waals surface area contributed by atoms with Crippen molar-refractivity contribution in [3.63, 3.8) is 0 Å². The highest BCUT2D eigenvalue weighted by Gasteiger charge is 2.25. The molecule has 1 unspecified atom stereocenters. The Bertz CT molecular complexity index is 585. The van der Waals surface area contributed by atoms with E-state index < -0.39 is 0 Å². The van der Waals surface area contributed by atoms with Gasteiger partial charge < -0.3 is 4.90 Å². The summed E-state index contributed by atoms with van der Waals surface area (Å²) in [7, 11) is 0. The highest BCUT2D eigenvalue weighted by atomic mass is 79.9. The van der Waals surface area contributed by atoms with Gasteiger partial charge >= 0.3 is 0 Å². The summed E-state index contributed by atoms with van der Waals surface area (Å²) >= 11 is 9.64. The number of hydrogen-bond donors (Lipinski definition) is 0. The average Bonchev–Trinajstić information content (AvgIpc) is 2.98. The molecule has 1 aliphatic heterocycles. The second kappa shape index (κ2) is 6.19. The Morgan fingerprint density at radius 3 is 2.70 bits per heavy atom. The standard InChI is InChI=1S/C17H17BrClN/c18-16-7-6-14(11-19)17(10-16)20-9-8-15(12-20)13-4-2-1-3-5-13/h1-7,10,15H,8-9,11-12H2. The second-order valence-corrected chi connectivity index (χ2v) is 6.43. The van der Waals surface area contributed by atoms with Crippen LogP contribution in [0.3, 0.4) is 0 Å². The molecule has 1 nitrogen and oxygen atoms in total. The molecule has 0 aliphatic carbocycles. The molecule has 1 atom stereocenters. The summed E-state index contributed by atoms with van der Waals surface area (Å²) in [5.74, 6) is 1.19. The topological polar surface area (TPSA) is 3.24 Å². The van der Waals surface area contributed by atoms with Crippen LogP contribution in [0, 0.1) is 0 Å². The van der Waals surface area contributed by atoms with Crippen LogP contribution in [0.15, 0.2) is 53.0 Å². The molecule has 3 rings (SSSR count). The Morgan fingerprint density at radius 1 is 1.15 bits per heavy atom. The summed E-state index contributed by atoms with van der Waals surface area (Å²) < 4.78 is 1.12. The fourth-order valence-corrected chi connectivity index (χ4v) is 3.50. The molecule has 1 fully saturated rings. The van der Waals surface area contributed by atoms with Crippen LogP contribution in [0.1, 0.15) is 23.5 Å². The SMILES string of the molecule is ClCc1ccc(Br)cc1N1CCC(c2ccccc2)C1. The summed E-state index contributed by atoms with van der Waals surface area (Å²) in [6, 6.07) is 17.2. The predicted octanol–water partition coefficient (Wildman–Crippen LogP) is 5.18. The zero-order valence-electron chi connectivity index (χ0n) is 11.2. The maximum absolute atomic E-state index is 6.07. The smallest absolute Gasteiger partial charge is 0.0494 e. The van der Waals surface area contributed by atoms with Crippen molar-refractivity contribution in [2.75, 3.05) is 18.0 Å². The van der Waals surface area contributed by atoms with E-state index in [0.717, 1.165) is 17.6 Å². The van der Waals surface area contributed by atoms with Crippen molar-refractivity contribution in [2.24, 2.45) is 0 Å². The van der Waals surface area contributed by atoms with E-state index in [9.17, 15) is 0 Å². The Kier molecular flexibility index (Phi) is 4.32. The van der Waals surface area contributed by atoms with Crippen molar-refractivity contribution in [3.05, 3.63) is 64.1 Å². The highest BCUT2D eigenvalue weighted by Crippen LogP contribution is 2.34. The largest absolute Gasteiger partial charge is 0.371 e. The summed E-state index contributed by atoms with van der Waals surface area (Å²) in [4.78, 5) is 2.46. The average molecular weight is 351 g/mol. The van der Waals surface area contributed by atoms with Gasteiger partial charge in [-0.25, -0.2) is 0 Å². The molecule has 2 aromatic rings. The number of halogens is 2. The van der Waals surface area contributed by atoms with Crippen LogP contribution >= 0.6 is 27.5 Å². The number of hydrogen-bond acceptors (Lipinski definition) is 1. The van der Waals surface area contributed by atoms with Gasteiger partial charge in [-0.2, -0.15) is 0 Å². The molecule has 1 saturated heterocycles. The second-order valence-electron chi connectivity index (χ2n) is 5.25. The molecule has 3 heteroatoms. The fourth-order valence-electron chi connectivity index (χ4n) is 2.92. The molecule has 1 aliphatic rings. The third kappa shape index (κ3) is 2.87. The number of nitrogens with zero attached hydrogens (tertiary/aromatic N) is 1. The third-order valence-corrected chi connectivity index (χ3v) is 4.77. The molecule has 0 radical (unpaired) electrons. The summed E-state index contributed by atoms with van der Waals surface area (Å²) in [6.07, 6.45) is 1.21. The highest BCUT2D eigenvalue weighted by molar-refractivity contribution is 9.10. The van der Waals surface area contributed by atoms with E-state index in [4.69, 9.17) is 11.6 Å². The summed E-state index contributed by atoms with van der Waals surface area (Å²) in [5.41, 5.74) is 3.92. The van der Waals surface area contributed by atoms with Gasteiger partial charge in [0.1, 0.15) is 0 Å². The van der Waals surface area contributed by atoms with Crippen molar-refractivity contribution in [1.29, 1.82) is 0 Å². The minimum atomic E-state index is 0.565. The molecule has 0 aromatic heterocycles. The maximum atomic E-state index is 6.07. The predicted molar refractivity (Wildman–Crippen MR) is 89.7 cm³/mol. The van der Waals surface area contributed by atoms with Gasteiger partial charge in [-0.05, 0) is 29.7 Å². The molecule has 2 aromatic carbocycles. The van der Waals surface area contributed by atoms with E-state index in [1.165, 1.54) is 23.2 Å². The Hall–Kier alpha value is -0.990. The molecular formula is C17H17BrClN. The first-order valence-electron chi connectivity index (χ1n) is 6.92. The molecule has 1 heterocycles. The van der Waals surface area contributed by atoms with Gasteiger partial charge in [-0.1, -0.05) is 52.3 Å². The van der Waals surface area contributed by atoms with Crippen molar-refractivity contribution >= 4 is 33.2 Å². The Labute approximate surface area is 133 Å². The number of alkyl halides is 1. The van der Waals surface area contributed by atoms with Crippen LogP contribution in [-0.4, -0.2) is 13.1 Å². The van der Waals surface area contributed by atoms with Crippen LogP contribution in [-0.2, 0) is 5.88 Å². The summed E-state index contributed by atoms with van der Waals surface area (Å²) in [6.45, 7) is 2.17. The van der Waals surface area contributed by atoms with Crippen LogP contribution in [0.4, 0.5) is 5.69 Å². The van der Waals surface area contributed by atoms with Gasteiger partial charge in [0.25, 0.3) is 0 Å². The molecule has 20 heavy (non-hydrogen) atoms. The lowest BCUT2D eigenvalue weighted by Crippen LogP contribution is -2.20. The van der Waals surface area contributed by atoms with Crippen molar-refractivity contribution < 1.29 is 0 Å². The lowest BCUT2D eigenvalue weighted by Gasteiger charge is -2.22. The molecule has 104 valence electrons. The number of rotatable bonds is 3. The normalized spacial score (nSPS) is 18.5.